The standard InChI is InChI=1S/C17H24N2O4/c1-12(18-15(20)23-17(2,3)4)22-16(21)19-10-9-13-7-5-6-8-14(13)11-19/h5-8,12H,9-11H2,1-4H3,(H,18,20). The second-order valence-electron chi connectivity index (χ2n) is 6.61. The van der Waals surface area contributed by atoms with E-state index in [4.69, 9.17) is 9.47 Å². The second kappa shape index (κ2) is 6.89. The summed E-state index contributed by atoms with van der Waals surface area (Å²) in [4.78, 5) is 25.5. The first-order chi connectivity index (χ1) is 10.7. The summed E-state index contributed by atoms with van der Waals surface area (Å²) in [5.41, 5.74) is 1.80. The second-order valence-corrected chi connectivity index (χ2v) is 6.61. The molecule has 2 rings (SSSR count). The number of hydrogen-bond donors (Lipinski definition) is 1. The van der Waals surface area contributed by atoms with Crippen molar-refractivity contribution in [2.75, 3.05) is 6.54 Å². The molecule has 23 heavy (non-hydrogen) atoms. The number of nitrogens with zero attached hydrogens (tertiary/aromatic N) is 1. The lowest BCUT2D eigenvalue weighted by atomic mass is 10.0. The Kier molecular flexibility index (Phi) is 5.13. The van der Waals surface area contributed by atoms with Crippen LogP contribution in [-0.2, 0) is 22.4 Å². The van der Waals surface area contributed by atoms with Crippen LogP contribution in [0.5, 0.6) is 0 Å². The van der Waals surface area contributed by atoms with Gasteiger partial charge in [-0.1, -0.05) is 24.3 Å². The van der Waals surface area contributed by atoms with Crippen LogP contribution in [0.3, 0.4) is 0 Å². The van der Waals surface area contributed by atoms with Crippen LogP contribution >= 0.6 is 0 Å². The zero-order chi connectivity index (χ0) is 17.0. The molecule has 1 N–H and O–H groups in total. The van der Waals surface area contributed by atoms with E-state index in [1.165, 1.54) is 5.56 Å². The molecular weight excluding hydrogens is 296 g/mol. The molecule has 1 aliphatic rings. The van der Waals surface area contributed by atoms with Crippen molar-refractivity contribution in [3.8, 4) is 0 Å². The zero-order valence-corrected chi connectivity index (χ0v) is 14.1. The van der Waals surface area contributed by atoms with Crippen LogP contribution in [0.25, 0.3) is 0 Å². The van der Waals surface area contributed by atoms with Gasteiger partial charge in [0.2, 0.25) is 0 Å². The predicted molar refractivity (Wildman–Crippen MR) is 85.9 cm³/mol. The molecule has 6 nitrogen and oxygen atoms in total. The lowest BCUT2D eigenvalue weighted by Crippen LogP contribution is -2.43. The fraction of sp³-hybridized carbons (Fsp3) is 0.529. The van der Waals surface area contributed by atoms with Crippen LogP contribution in [0, 0.1) is 0 Å². The van der Waals surface area contributed by atoms with Crippen molar-refractivity contribution in [2.24, 2.45) is 0 Å². The highest BCUT2D eigenvalue weighted by Gasteiger charge is 2.24. The first kappa shape index (κ1) is 17.1. The number of carbonyl (C=O) groups is 2. The smallest absolute Gasteiger partial charge is 0.411 e. The fourth-order valence-corrected chi connectivity index (χ4v) is 2.38. The van der Waals surface area contributed by atoms with Gasteiger partial charge in [0.15, 0.2) is 6.23 Å². The number of rotatable bonds is 2. The molecule has 2 amide bonds. The van der Waals surface area contributed by atoms with Gasteiger partial charge >= 0.3 is 12.2 Å². The molecule has 0 saturated carbocycles. The predicted octanol–water partition coefficient (Wildman–Crippen LogP) is 3.05. The number of nitrogens with one attached hydrogen (secondary N) is 1. The van der Waals surface area contributed by atoms with E-state index in [2.05, 4.69) is 11.4 Å². The minimum absolute atomic E-state index is 0.442. The van der Waals surface area contributed by atoms with Crippen molar-refractivity contribution in [1.29, 1.82) is 0 Å². The lowest BCUT2D eigenvalue weighted by molar-refractivity contribution is 0.0240. The number of ether oxygens (including phenoxy) is 2. The highest BCUT2D eigenvalue weighted by Crippen LogP contribution is 2.19. The molecule has 1 atom stereocenters. The van der Waals surface area contributed by atoms with E-state index in [1.807, 2.05) is 18.2 Å². The summed E-state index contributed by atoms with van der Waals surface area (Å²) in [5, 5.41) is 2.49. The van der Waals surface area contributed by atoms with Gasteiger partial charge in [0.1, 0.15) is 5.60 Å². The van der Waals surface area contributed by atoms with Crippen molar-refractivity contribution in [3.05, 3.63) is 35.4 Å². The van der Waals surface area contributed by atoms with Gasteiger partial charge in [-0.05, 0) is 45.2 Å². The molecule has 1 aromatic rings. The lowest BCUT2D eigenvalue weighted by Gasteiger charge is -2.29. The summed E-state index contributed by atoms with van der Waals surface area (Å²) in [6.45, 7) is 8.04. The van der Waals surface area contributed by atoms with Gasteiger partial charge < -0.3 is 14.4 Å². The fourth-order valence-electron chi connectivity index (χ4n) is 2.38. The van der Waals surface area contributed by atoms with Crippen LogP contribution in [0.4, 0.5) is 9.59 Å². The molecule has 1 unspecified atom stereocenters. The summed E-state index contributed by atoms with van der Waals surface area (Å²) in [7, 11) is 0. The van der Waals surface area contributed by atoms with E-state index in [-0.39, 0.29) is 0 Å². The Labute approximate surface area is 136 Å². The number of benzene rings is 1. The summed E-state index contributed by atoms with van der Waals surface area (Å²) < 4.78 is 10.4. The topological polar surface area (TPSA) is 67.9 Å². The Hall–Kier alpha value is -2.24. The molecule has 6 heteroatoms. The van der Waals surface area contributed by atoms with Crippen LogP contribution in [0.1, 0.15) is 38.8 Å². The molecule has 1 aromatic carbocycles. The normalized spacial score (nSPS) is 15.4. The molecule has 0 bridgehead atoms. The largest absolute Gasteiger partial charge is 0.444 e. The number of hydrogen-bond acceptors (Lipinski definition) is 4. The van der Waals surface area contributed by atoms with Gasteiger partial charge in [0.25, 0.3) is 0 Å². The van der Waals surface area contributed by atoms with Crippen molar-refractivity contribution < 1.29 is 19.1 Å². The Morgan fingerprint density at radius 1 is 1.22 bits per heavy atom. The van der Waals surface area contributed by atoms with Gasteiger partial charge in [0, 0.05) is 13.1 Å². The van der Waals surface area contributed by atoms with Crippen molar-refractivity contribution >= 4 is 12.2 Å². The molecule has 0 radical (unpaired) electrons. The van der Waals surface area contributed by atoms with Gasteiger partial charge in [-0.3, -0.25) is 5.32 Å². The molecule has 0 spiro atoms. The average Bonchev–Trinajstić information content (AvgIpc) is 2.44. The third-order valence-electron chi connectivity index (χ3n) is 3.39. The first-order valence-electron chi connectivity index (χ1n) is 7.76. The first-order valence-corrected chi connectivity index (χ1v) is 7.76. The van der Waals surface area contributed by atoms with E-state index in [9.17, 15) is 9.59 Å². The highest BCUT2D eigenvalue weighted by atomic mass is 16.6. The number of fused-ring (bicyclic) bond motifs is 1. The maximum absolute atomic E-state index is 12.2. The van der Waals surface area contributed by atoms with Crippen LogP contribution in [-0.4, -0.2) is 35.5 Å². The number of alkyl carbamates (subject to hydrolysis) is 1. The van der Waals surface area contributed by atoms with Crippen LogP contribution in [0.2, 0.25) is 0 Å². The maximum Gasteiger partial charge on any atom is 0.411 e. The molecule has 1 heterocycles. The average molecular weight is 320 g/mol. The van der Waals surface area contributed by atoms with Gasteiger partial charge in [-0.25, -0.2) is 9.59 Å². The summed E-state index contributed by atoms with van der Waals surface area (Å²) in [5.74, 6) is 0. The van der Waals surface area contributed by atoms with Crippen molar-refractivity contribution in [1.82, 2.24) is 10.2 Å². The van der Waals surface area contributed by atoms with E-state index in [0.717, 1.165) is 12.0 Å². The Balaban J connectivity index is 1.84. The maximum atomic E-state index is 12.2. The van der Waals surface area contributed by atoms with Crippen molar-refractivity contribution in [2.45, 2.75) is 52.5 Å². The monoisotopic (exact) mass is 320 g/mol. The molecule has 0 saturated heterocycles. The quantitative estimate of drug-likeness (QED) is 0.850. The Bertz CT molecular complexity index is 580. The van der Waals surface area contributed by atoms with Crippen LogP contribution < -0.4 is 5.32 Å². The Morgan fingerprint density at radius 2 is 1.87 bits per heavy atom. The SMILES string of the molecule is CC(NC(=O)OC(C)(C)C)OC(=O)N1CCc2ccccc2C1. The minimum Gasteiger partial charge on any atom is -0.444 e. The van der Waals surface area contributed by atoms with Gasteiger partial charge in [0.05, 0.1) is 0 Å². The molecule has 0 aliphatic carbocycles. The van der Waals surface area contributed by atoms with E-state index >= 15 is 0 Å². The van der Waals surface area contributed by atoms with Crippen molar-refractivity contribution in [3.63, 3.8) is 0 Å². The third kappa shape index (κ3) is 5.16. The Morgan fingerprint density at radius 3 is 2.52 bits per heavy atom. The highest BCUT2D eigenvalue weighted by molar-refractivity contribution is 5.70. The number of amides is 2. The van der Waals surface area contributed by atoms with E-state index in [0.29, 0.717) is 13.1 Å². The third-order valence-corrected chi connectivity index (χ3v) is 3.39. The van der Waals surface area contributed by atoms with E-state index < -0.39 is 24.0 Å². The molecule has 0 fully saturated rings. The minimum atomic E-state index is -0.755. The van der Waals surface area contributed by atoms with E-state index in [1.54, 1.807) is 32.6 Å². The number of carbonyl (C=O) groups excluding carboxylic acids is 2. The molecule has 126 valence electrons. The summed E-state index contributed by atoms with van der Waals surface area (Å²) in [6.07, 6.45) is -1.00. The van der Waals surface area contributed by atoms with Gasteiger partial charge in [-0.15, -0.1) is 0 Å². The molecular formula is C17H24N2O4. The summed E-state index contributed by atoms with van der Waals surface area (Å²) in [6, 6.07) is 8.04. The molecule has 1 aliphatic heterocycles. The van der Waals surface area contributed by atoms with Crippen LogP contribution in [0.15, 0.2) is 24.3 Å². The summed E-state index contributed by atoms with van der Waals surface area (Å²) >= 11 is 0. The molecule has 0 aromatic heterocycles. The zero-order valence-electron chi connectivity index (χ0n) is 14.1. The van der Waals surface area contributed by atoms with Gasteiger partial charge in [-0.2, -0.15) is 0 Å².